The smallest absolute Gasteiger partial charge is 0.273 e. The molecule has 0 atom stereocenters. The van der Waals surface area contributed by atoms with Crippen molar-refractivity contribution in [2.75, 3.05) is 0 Å². The Hall–Kier alpha value is -1.59. The molecular formula is C7H5F4N2+. The van der Waals surface area contributed by atoms with E-state index in [4.69, 9.17) is 11.1 Å². The van der Waals surface area contributed by atoms with E-state index in [0.717, 1.165) is 0 Å². The second kappa shape index (κ2) is 3.04. The lowest BCUT2D eigenvalue weighted by molar-refractivity contribution is -0.114. The highest BCUT2D eigenvalue weighted by Gasteiger charge is 2.21. The molecule has 0 heterocycles. The summed E-state index contributed by atoms with van der Waals surface area (Å²) in [6, 6.07) is 0.392. The number of nitrogens with two attached hydrogens (primary N) is 2. The van der Waals surface area contributed by atoms with Gasteiger partial charge in [-0.3, -0.25) is 11.1 Å². The van der Waals surface area contributed by atoms with Gasteiger partial charge in [-0.15, -0.1) is 0 Å². The van der Waals surface area contributed by atoms with Crippen LogP contribution in [-0.2, 0) is 0 Å². The fourth-order valence-electron chi connectivity index (χ4n) is 0.783. The zero-order valence-electron chi connectivity index (χ0n) is 6.24. The summed E-state index contributed by atoms with van der Waals surface area (Å²) in [6.07, 6.45) is 0. The van der Waals surface area contributed by atoms with Gasteiger partial charge in [-0.05, 0) is 6.07 Å². The molecule has 0 spiro atoms. The van der Waals surface area contributed by atoms with E-state index in [0.29, 0.717) is 6.07 Å². The average molecular weight is 193 g/mol. The Labute approximate surface area is 70.5 Å². The topological polar surface area (TPSA) is 51.6 Å². The quantitative estimate of drug-likeness (QED) is 0.208. The van der Waals surface area contributed by atoms with Crippen molar-refractivity contribution in [1.82, 2.24) is 0 Å². The lowest BCUT2D eigenvalue weighted by atomic mass is 10.2. The highest BCUT2D eigenvalue weighted by molar-refractivity contribution is 5.92. The molecule has 0 fully saturated rings. The summed E-state index contributed by atoms with van der Waals surface area (Å²) >= 11 is 0. The molecule has 0 unspecified atom stereocenters. The number of hydrogen-bond acceptors (Lipinski definition) is 0. The van der Waals surface area contributed by atoms with E-state index in [1.165, 1.54) is 0 Å². The van der Waals surface area contributed by atoms with Crippen molar-refractivity contribution in [3.05, 3.63) is 34.9 Å². The third kappa shape index (κ3) is 1.47. The van der Waals surface area contributed by atoms with Crippen LogP contribution < -0.4 is 11.1 Å². The number of amidine groups is 1. The molecule has 1 rings (SSSR count). The third-order valence-electron chi connectivity index (χ3n) is 1.41. The number of rotatable bonds is 1. The van der Waals surface area contributed by atoms with Crippen LogP contribution in [0.4, 0.5) is 17.6 Å². The van der Waals surface area contributed by atoms with Crippen LogP contribution >= 0.6 is 0 Å². The summed E-state index contributed by atoms with van der Waals surface area (Å²) in [5.74, 6) is -7.57. The van der Waals surface area contributed by atoms with Crippen molar-refractivity contribution < 1.29 is 23.0 Å². The van der Waals surface area contributed by atoms with Gasteiger partial charge >= 0.3 is 0 Å². The normalized spacial score (nSPS) is 10.2. The van der Waals surface area contributed by atoms with E-state index < -0.39 is 34.7 Å². The summed E-state index contributed by atoms with van der Waals surface area (Å²) in [4.78, 5) is 0. The Morgan fingerprint density at radius 1 is 1.08 bits per heavy atom. The van der Waals surface area contributed by atoms with Crippen molar-refractivity contribution in [2.45, 2.75) is 0 Å². The second-order valence-electron chi connectivity index (χ2n) is 2.30. The maximum Gasteiger partial charge on any atom is 0.273 e. The van der Waals surface area contributed by atoms with Gasteiger partial charge in [-0.1, -0.05) is 0 Å². The van der Waals surface area contributed by atoms with E-state index in [1.54, 1.807) is 0 Å². The zero-order valence-corrected chi connectivity index (χ0v) is 6.24. The van der Waals surface area contributed by atoms with Crippen LogP contribution in [0.3, 0.4) is 0 Å². The van der Waals surface area contributed by atoms with Crippen molar-refractivity contribution in [2.24, 2.45) is 5.73 Å². The maximum absolute atomic E-state index is 12.7. The molecule has 0 saturated heterocycles. The van der Waals surface area contributed by atoms with Gasteiger partial charge in [0.15, 0.2) is 23.3 Å². The first-order chi connectivity index (χ1) is 5.95. The molecule has 1 aromatic carbocycles. The molecule has 6 heteroatoms. The summed E-state index contributed by atoms with van der Waals surface area (Å²) in [6.45, 7) is 0. The largest absolute Gasteiger partial charge is 0.287 e. The van der Waals surface area contributed by atoms with E-state index in [-0.39, 0.29) is 0 Å². The first-order valence-corrected chi connectivity index (χ1v) is 3.16. The summed E-state index contributed by atoms with van der Waals surface area (Å²) in [5.41, 5.74) is 4.22. The van der Waals surface area contributed by atoms with Crippen LogP contribution in [0.15, 0.2) is 6.07 Å². The van der Waals surface area contributed by atoms with E-state index >= 15 is 0 Å². The standard InChI is InChI=1S/C7H4F4N2/c8-3-1-2(7(12)13)4(9)6(11)5(3)10/h1H,(H3,12,13)/p+1. The van der Waals surface area contributed by atoms with Gasteiger partial charge < -0.3 is 0 Å². The highest BCUT2D eigenvalue weighted by Crippen LogP contribution is 2.17. The molecule has 13 heavy (non-hydrogen) atoms. The molecule has 2 nitrogen and oxygen atoms in total. The van der Waals surface area contributed by atoms with E-state index in [2.05, 4.69) is 0 Å². The minimum atomic E-state index is -1.93. The molecule has 4 N–H and O–H groups in total. The van der Waals surface area contributed by atoms with Gasteiger partial charge in [0.2, 0.25) is 0 Å². The van der Waals surface area contributed by atoms with Crippen LogP contribution in [0.25, 0.3) is 0 Å². The van der Waals surface area contributed by atoms with Crippen LogP contribution in [0, 0.1) is 23.3 Å². The van der Waals surface area contributed by atoms with Crippen LogP contribution in [0.1, 0.15) is 5.56 Å². The number of hydrogen-bond donors (Lipinski definition) is 2. The molecular weight excluding hydrogens is 188 g/mol. The fourth-order valence-corrected chi connectivity index (χ4v) is 0.783. The van der Waals surface area contributed by atoms with E-state index in [1.807, 2.05) is 0 Å². The Balaban J connectivity index is 3.50. The minimum Gasteiger partial charge on any atom is -0.287 e. The lowest BCUT2D eigenvalue weighted by Gasteiger charge is -2.00. The summed E-state index contributed by atoms with van der Waals surface area (Å²) in [5, 5.41) is 4.90. The van der Waals surface area contributed by atoms with Crippen molar-refractivity contribution >= 4 is 5.84 Å². The molecule has 0 aliphatic carbocycles. The Kier molecular flexibility index (Phi) is 2.22. The first-order valence-electron chi connectivity index (χ1n) is 3.16. The predicted molar refractivity (Wildman–Crippen MR) is 36.5 cm³/mol. The van der Waals surface area contributed by atoms with E-state index in [9.17, 15) is 17.6 Å². The van der Waals surface area contributed by atoms with Crippen LogP contribution in [-0.4, -0.2) is 5.84 Å². The third-order valence-corrected chi connectivity index (χ3v) is 1.41. The molecule has 70 valence electrons. The number of halogens is 4. The van der Waals surface area contributed by atoms with Crippen molar-refractivity contribution in [3.63, 3.8) is 0 Å². The minimum absolute atomic E-state index is 0.392. The SMILES string of the molecule is NC(=[NH2+])c1cc(F)c(F)c(F)c1F. The van der Waals surface area contributed by atoms with Gasteiger partial charge in [0.25, 0.3) is 5.84 Å². The molecule has 0 bridgehead atoms. The maximum atomic E-state index is 12.7. The highest BCUT2D eigenvalue weighted by atomic mass is 19.2. The first kappa shape index (κ1) is 9.50. The van der Waals surface area contributed by atoms with Gasteiger partial charge in [-0.25, -0.2) is 17.6 Å². The van der Waals surface area contributed by atoms with Crippen molar-refractivity contribution in [1.29, 1.82) is 0 Å². The van der Waals surface area contributed by atoms with Crippen molar-refractivity contribution in [3.8, 4) is 0 Å². The number of benzene rings is 1. The van der Waals surface area contributed by atoms with Gasteiger partial charge in [0.05, 0.1) is 0 Å². The molecule has 0 aromatic heterocycles. The van der Waals surface area contributed by atoms with Crippen LogP contribution in [0.2, 0.25) is 0 Å². The predicted octanol–water partition coefficient (Wildman–Crippen LogP) is -0.293. The lowest BCUT2D eigenvalue weighted by Crippen LogP contribution is -2.46. The van der Waals surface area contributed by atoms with Gasteiger partial charge in [0.1, 0.15) is 5.56 Å². The summed E-state index contributed by atoms with van der Waals surface area (Å²) < 4.78 is 50.1. The van der Waals surface area contributed by atoms with Gasteiger partial charge in [-0.2, -0.15) is 0 Å². The molecule has 0 saturated carbocycles. The van der Waals surface area contributed by atoms with Crippen LogP contribution in [0.5, 0.6) is 0 Å². The molecule has 1 aromatic rings. The van der Waals surface area contributed by atoms with Gasteiger partial charge in [0, 0.05) is 0 Å². The fraction of sp³-hybridized carbons (Fsp3) is 0. The zero-order chi connectivity index (χ0) is 10.2. The Morgan fingerprint density at radius 3 is 2.08 bits per heavy atom. The Morgan fingerprint density at radius 2 is 1.62 bits per heavy atom. The molecule has 0 amide bonds. The summed E-state index contributed by atoms with van der Waals surface area (Å²) in [7, 11) is 0. The molecule has 0 aliphatic heterocycles. The molecule has 0 aliphatic rings. The molecule has 0 radical (unpaired) electrons. The average Bonchev–Trinajstić information content (AvgIpc) is 2.07. The second-order valence-corrected chi connectivity index (χ2v) is 2.30. The monoisotopic (exact) mass is 193 g/mol. The Bertz CT molecular complexity index is 375.